The molecule has 188 valence electrons. The van der Waals surface area contributed by atoms with Crippen LogP contribution in [0.1, 0.15) is 21.5 Å². The maximum Gasteiger partial charge on any atom is 0.276 e. The number of nitrogens with zero attached hydrogens (tertiary/aromatic N) is 2. The molecule has 0 fully saturated rings. The Bertz CT molecular complexity index is 1430. The third-order valence-electron chi connectivity index (χ3n) is 5.45. The predicted octanol–water partition coefficient (Wildman–Crippen LogP) is 5.06. The van der Waals surface area contributed by atoms with Crippen molar-refractivity contribution < 1.29 is 23.2 Å². The van der Waals surface area contributed by atoms with Crippen LogP contribution in [0.25, 0.3) is 11.1 Å². The lowest BCUT2D eigenvalue weighted by Gasteiger charge is -2.28. The summed E-state index contributed by atoms with van der Waals surface area (Å²) in [5.41, 5.74) is 4.63. The number of methoxy groups -OCH3 is 1. The Labute approximate surface area is 219 Å². The normalized spacial score (nSPS) is 10.9. The van der Waals surface area contributed by atoms with Gasteiger partial charge in [-0.05, 0) is 88.5 Å². The molecule has 36 heavy (non-hydrogen) atoms. The van der Waals surface area contributed by atoms with Crippen molar-refractivity contribution in [2.75, 3.05) is 11.4 Å². The number of hydrogen-bond donors (Lipinski definition) is 2. The molecule has 8 nitrogen and oxygen atoms in total. The Balaban J connectivity index is 0.00000361. The summed E-state index contributed by atoms with van der Waals surface area (Å²) >= 11 is 1.50. The zero-order valence-electron chi connectivity index (χ0n) is 19.4. The minimum atomic E-state index is -4.14. The van der Waals surface area contributed by atoms with Crippen LogP contribution >= 0.6 is 23.7 Å². The van der Waals surface area contributed by atoms with Crippen LogP contribution in [0.2, 0.25) is 0 Å². The van der Waals surface area contributed by atoms with Gasteiger partial charge in [0.1, 0.15) is 5.75 Å². The molecule has 2 aromatic heterocycles. The summed E-state index contributed by atoms with van der Waals surface area (Å²) < 4.78 is 34.2. The van der Waals surface area contributed by atoms with E-state index in [1.807, 2.05) is 22.9 Å². The van der Waals surface area contributed by atoms with Crippen molar-refractivity contribution in [1.82, 2.24) is 10.5 Å². The number of rotatable bonds is 8. The molecule has 0 aliphatic rings. The minimum Gasteiger partial charge on any atom is -0.497 e. The van der Waals surface area contributed by atoms with Gasteiger partial charge < -0.3 is 4.74 Å². The standard InChI is InChI=1S/C25H23N3O5S2.ClH/c1-17-12-20(19-9-11-34-16-19)13-23(25(29)27-30)24(17)28(15-18-4-3-10-26-14-18)35(31,32)22-7-5-21(33-2)6-8-22;/h3-14,16,30H,15H2,1-2H3,(H,27,29);1H. The first-order chi connectivity index (χ1) is 16.8. The fraction of sp³-hybridized carbons (Fsp3) is 0.120. The van der Waals surface area contributed by atoms with Gasteiger partial charge in [-0.25, -0.2) is 13.9 Å². The van der Waals surface area contributed by atoms with Crippen LogP contribution in [0, 0.1) is 6.92 Å². The van der Waals surface area contributed by atoms with Crippen LogP contribution in [0.4, 0.5) is 5.69 Å². The molecule has 4 aromatic rings. The molecule has 4 rings (SSSR count). The highest BCUT2D eigenvalue weighted by Crippen LogP contribution is 2.36. The largest absolute Gasteiger partial charge is 0.497 e. The SMILES string of the molecule is COc1ccc(S(=O)(=O)N(Cc2cccnc2)c2c(C)cc(-c3ccsc3)cc2C(=O)NO)cc1.Cl. The van der Waals surface area contributed by atoms with Crippen LogP contribution < -0.4 is 14.5 Å². The Kier molecular flexibility index (Phi) is 8.70. The summed E-state index contributed by atoms with van der Waals surface area (Å²) in [5, 5.41) is 13.3. The molecule has 0 spiro atoms. The number of aromatic nitrogens is 1. The van der Waals surface area contributed by atoms with Crippen molar-refractivity contribution >= 4 is 45.4 Å². The summed E-state index contributed by atoms with van der Waals surface area (Å²) in [5.74, 6) is -0.305. The number of nitrogens with one attached hydrogen (secondary N) is 1. The molecular weight excluding hydrogens is 522 g/mol. The molecule has 0 unspecified atom stereocenters. The van der Waals surface area contributed by atoms with E-state index in [4.69, 9.17) is 4.74 Å². The Morgan fingerprint density at radius 1 is 1.14 bits per heavy atom. The first kappa shape index (κ1) is 27.2. The van der Waals surface area contributed by atoms with Gasteiger partial charge in [-0.1, -0.05) is 6.07 Å². The fourth-order valence-electron chi connectivity index (χ4n) is 3.76. The third kappa shape index (κ3) is 5.52. The van der Waals surface area contributed by atoms with Gasteiger partial charge in [0.2, 0.25) is 0 Å². The van der Waals surface area contributed by atoms with Crippen LogP contribution in [-0.4, -0.2) is 31.6 Å². The molecule has 2 N–H and O–H groups in total. The first-order valence-electron chi connectivity index (χ1n) is 10.5. The van der Waals surface area contributed by atoms with Crippen LogP contribution in [0.15, 0.2) is 82.6 Å². The molecule has 0 aliphatic carbocycles. The van der Waals surface area contributed by atoms with Crippen LogP contribution in [0.3, 0.4) is 0 Å². The molecule has 0 aliphatic heterocycles. The average Bonchev–Trinajstić information content (AvgIpc) is 3.42. The molecule has 1 amide bonds. The van der Waals surface area contributed by atoms with Gasteiger partial charge in [0.05, 0.1) is 29.8 Å². The van der Waals surface area contributed by atoms with Gasteiger partial charge in [0.15, 0.2) is 0 Å². The fourth-order valence-corrected chi connectivity index (χ4v) is 5.96. The summed E-state index contributed by atoms with van der Waals surface area (Å²) in [6.45, 7) is 1.66. The van der Waals surface area contributed by atoms with Crippen molar-refractivity contribution in [2.24, 2.45) is 0 Å². The number of ether oxygens (including phenoxy) is 1. The number of amides is 1. The number of anilines is 1. The number of thiophene rings is 1. The average molecular weight is 546 g/mol. The summed E-state index contributed by atoms with van der Waals surface area (Å²) in [4.78, 5) is 16.9. The maximum absolute atomic E-state index is 13.9. The van der Waals surface area contributed by atoms with E-state index in [0.29, 0.717) is 16.9 Å². The lowest BCUT2D eigenvalue weighted by Crippen LogP contribution is -2.34. The topological polar surface area (TPSA) is 109 Å². The molecule has 0 atom stereocenters. The second-order valence-electron chi connectivity index (χ2n) is 7.69. The highest BCUT2D eigenvalue weighted by atomic mass is 35.5. The van der Waals surface area contributed by atoms with Crippen LogP contribution in [-0.2, 0) is 16.6 Å². The maximum atomic E-state index is 13.9. The number of aryl methyl sites for hydroxylation is 1. The number of carbonyl (C=O) groups excluding carboxylic acids is 1. The third-order valence-corrected chi connectivity index (χ3v) is 7.89. The van der Waals surface area contributed by atoms with Gasteiger partial charge in [0, 0.05) is 12.4 Å². The van der Waals surface area contributed by atoms with E-state index in [2.05, 4.69) is 4.98 Å². The second-order valence-corrected chi connectivity index (χ2v) is 10.3. The molecule has 2 heterocycles. The van der Waals surface area contributed by atoms with E-state index in [9.17, 15) is 18.4 Å². The van der Waals surface area contributed by atoms with Crippen molar-refractivity contribution in [3.8, 4) is 16.9 Å². The van der Waals surface area contributed by atoms with E-state index < -0.39 is 15.9 Å². The molecular formula is C25H24ClN3O5S2. The van der Waals surface area contributed by atoms with Crippen molar-refractivity contribution in [2.45, 2.75) is 18.4 Å². The van der Waals surface area contributed by atoms with E-state index in [0.717, 1.165) is 11.1 Å². The lowest BCUT2D eigenvalue weighted by molar-refractivity contribution is 0.0707. The van der Waals surface area contributed by atoms with Gasteiger partial charge >= 0.3 is 0 Å². The van der Waals surface area contributed by atoms with Gasteiger partial charge in [-0.2, -0.15) is 11.3 Å². The second kappa shape index (κ2) is 11.5. The summed E-state index contributed by atoms with van der Waals surface area (Å²) in [6.07, 6.45) is 3.16. The number of carbonyl (C=O) groups is 1. The lowest BCUT2D eigenvalue weighted by atomic mass is 9.99. The zero-order chi connectivity index (χ0) is 25.0. The van der Waals surface area contributed by atoms with Crippen LogP contribution in [0.5, 0.6) is 5.75 Å². The van der Waals surface area contributed by atoms with Crippen molar-refractivity contribution in [3.63, 3.8) is 0 Å². The zero-order valence-corrected chi connectivity index (χ0v) is 21.9. The molecule has 0 radical (unpaired) electrons. The Morgan fingerprint density at radius 2 is 1.89 bits per heavy atom. The quantitative estimate of drug-likeness (QED) is 0.236. The molecule has 0 saturated heterocycles. The van der Waals surface area contributed by atoms with Crippen molar-refractivity contribution in [3.05, 3.63) is 94.4 Å². The number of halogens is 1. The van der Waals surface area contributed by atoms with Crippen molar-refractivity contribution in [1.29, 1.82) is 0 Å². The number of sulfonamides is 1. The number of benzene rings is 2. The molecule has 0 saturated carbocycles. The van der Waals surface area contributed by atoms with E-state index >= 15 is 0 Å². The first-order valence-corrected chi connectivity index (χ1v) is 12.9. The number of pyridine rings is 1. The molecule has 11 heteroatoms. The van der Waals surface area contributed by atoms with Gasteiger partial charge in [-0.3, -0.25) is 19.3 Å². The minimum absolute atomic E-state index is 0. The Hall–Kier alpha value is -3.44. The predicted molar refractivity (Wildman–Crippen MR) is 142 cm³/mol. The van der Waals surface area contributed by atoms with E-state index in [1.54, 1.807) is 55.1 Å². The smallest absolute Gasteiger partial charge is 0.276 e. The monoisotopic (exact) mass is 545 g/mol. The highest BCUT2D eigenvalue weighted by Gasteiger charge is 2.31. The summed E-state index contributed by atoms with van der Waals surface area (Å²) in [6, 6.07) is 14.8. The molecule has 2 aromatic carbocycles. The Morgan fingerprint density at radius 3 is 2.47 bits per heavy atom. The van der Waals surface area contributed by atoms with Gasteiger partial charge in [-0.15, -0.1) is 12.4 Å². The van der Waals surface area contributed by atoms with E-state index in [-0.39, 0.29) is 35.1 Å². The molecule has 0 bridgehead atoms. The van der Waals surface area contributed by atoms with Gasteiger partial charge in [0.25, 0.3) is 15.9 Å². The summed E-state index contributed by atoms with van der Waals surface area (Å²) in [7, 11) is -2.64. The number of hydrogen-bond acceptors (Lipinski definition) is 7. The highest BCUT2D eigenvalue weighted by molar-refractivity contribution is 7.92. The van der Waals surface area contributed by atoms with E-state index in [1.165, 1.54) is 34.9 Å². The number of hydroxylamine groups is 1.